The Morgan fingerprint density at radius 2 is 1.78 bits per heavy atom. The fraction of sp³-hybridized carbons (Fsp3) is 0.316. The Labute approximate surface area is 373 Å². The van der Waals surface area contributed by atoms with E-state index < -0.39 is 70.2 Å². The Kier molecular flexibility index (Phi) is 12.6. The molecule has 0 saturated carbocycles. The molecule has 0 bridgehead atoms. The molecule has 3 aromatic heterocycles. The van der Waals surface area contributed by atoms with E-state index in [4.69, 9.17) is 25.8 Å². The first-order valence-electron chi connectivity index (χ1n) is 19.0. The van der Waals surface area contributed by atoms with Crippen LogP contribution in [0.5, 0.6) is 11.5 Å². The molecule has 2 atom stereocenters. The standard InChI is InChI=1S/C38H37N11O12S3/c1-15(50)59-23-9-8-17(10-24(23)60-16(2)51)30(53)45-46-36(58)38(3,4)61-47-25(22-14-64-37(40)43-22)31(54)44-26-32(55)48-27(35(56)57)18(13-63-34(26)48)12-62-33-19-6-5-7-21(19)42-29-20(28(39)52)11-41-49(29)33/h8-11,14,26,34H,5-7,12-13H2,1-4H3,(H2,39,52)(H2,40,43)(H,44,54)(H,45,53)(H,46,58)(H,56,57)/t26-,34-/m1/s1. The van der Waals surface area contributed by atoms with Gasteiger partial charge in [0.1, 0.15) is 33.4 Å². The van der Waals surface area contributed by atoms with E-state index in [1.807, 2.05) is 0 Å². The number of amides is 5. The minimum absolute atomic E-state index is 0.0571. The lowest BCUT2D eigenvalue weighted by molar-refractivity contribution is -0.150. The molecule has 3 aliphatic rings. The number of carbonyl (C=O) groups excluding carboxylic acids is 7. The van der Waals surface area contributed by atoms with Gasteiger partial charge in [-0.15, -0.1) is 34.9 Å². The number of thioether (sulfide) groups is 2. The Morgan fingerprint density at radius 3 is 2.45 bits per heavy atom. The fourth-order valence-corrected chi connectivity index (χ4v) is 9.90. The number of esters is 2. The number of anilines is 1. The second-order valence-corrected chi connectivity index (χ2v) is 17.6. The summed E-state index contributed by atoms with van der Waals surface area (Å²) in [7, 11) is 0. The van der Waals surface area contributed by atoms with Gasteiger partial charge >= 0.3 is 17.9 Å². The molecule has 7 rings (SSSR count). The van der Waals surface area contributed by atoms with Crippen molar-refractivity contribution in [2.75, 3.05) is 17.2 Å². The average molecular weight is 936 g/mol. The number of carbonyl (C=O) groups is 8. The molecular formula is C38H37N11O12S3. The molecule has 1 fully saturated rings. The highest BCUT2D eigenvalue weighted by molar-refractivity contribution is 8.01. The van der Waals surface area contributed by atoms with Crippen molar-refractivity contribution >= 4 is 98.8 Å². The Hall–Kier alpha value is -7.06. The van der Waals surface area contributed by atoms with E-state index in [1.54, 1.807) is 0 Å². The number of β-lactam (4-membered cyclic amide) rings is 1. The van der Waals surface area contributed by atoms with Crippen molar-refractivity contribution in [3.63, 3.8) is 0 Å². The normalized spacial score (nSPS) is 16.9. The summed E-state index contributed by atoms with van der Waals surface area (Å²) >= 11 is 3.52. The predicted molar refractivity (Wildman–Crippen MR) is 227 cm³/mol. The number of thiazole rings is 1. The summed E-state index contributed by atoms with van der Waals surface area (Å²) in [5, 5.41) is 22.5. The Morgan fingerprint density at radius 1 is 1.05 bits per heavy atom. The van der Waals surface area contributed by atoms with E-state index in [2.05, 4.69) is 36.4 Å². The number of nitrogens with one attached hydrogen (secondary N) is 3. The number of hydrazine groups is 1. The van der Waals surface area contributed by atoms with Crippen LogP contribution in [0.4, 0.5) is 5.13 Å². The van der Waals surface area contributed by atoms with Crippen LogP contribution in [-0.4, -0.2) is 111 Å². The third-order valence-electron chi connectivity index (χ3n) is 9.70. The first-order chi connectivity index (χ1) is 30.3. The lowest BCUT2D eigenvalue weighted by Crippen LogP contribution is -2.71. The van der Waals surface area contributed by atoms with Crippen LogP contribution in [0.2, 0.25) is 0 Å². The zero-order valence-electron chi connectivity index (χ0n) is 34.1. The number of benzene rings is 1. The van der Waals surface area contributed by atoms with Crippen LogP contribution < -0.4 is 37.1 Å². The first kappa shape index (κ1) is 45.0. The molecule has 8 N–H and O–H groups in total. The van der Waals surface area contributed by atoms with Crippen molar-refractivity contribution in [3.8, 4) is 11.5 Å². The lowest BCUT2D eigenvalue weighted by atomic mass is 10.0. The molecule has 0 radical (unpaired) electrons. The number of carboxylic acid groups (broad SMARTS) is 1. The summed E-state index contributed by atoms with van der Waals surface area (Å²) in [4.78, 5) is 117. The number of oxime groups is 1. The van der Waals surface area contributed by atoms with Crippen LogP contribution in [0.3, 0.4) is 0 Å². The summed E-state index contributed by atoms with van der Waals surface area (Å²) in [6.07, 6.45) is 3.60. The SMILES string of the molecule is CC(=O)Oc1ccc(C(=O)NNC(=O)C(C)(C)ON=C(C(=O)N[C@@H]2C(=O)N3C(C(=O)O)=C(CSc4c5c(nc6c(C(N)=O)cnn46)CCC5)CS[C@H]23)c2csc(N)n2)cc1OC(C)=O. The number of nitrogens with zero attached hydrogens (tertiary/aromatic N) is 6. The molecule has 5 amide bonds. The number of hydrogen-bond acceptors (Lipinski definition) is 19. The summed E-state index contributed by atoms with van der Waals surface area (Å²) in [5.41, 5.74) is 15.7. The largest absolute Gasteiger partial charge is 0.477 e. The number of aromatic nitrogens is 4. The topological polar surface area (TPSA) is 331 Å². The van der Waals surface area contributed by atoms with Gasteiger partial charge in [-0.25, -0.2) is 19.3 Å². The van der Waals surface area contributed by atoms with Crippen molar-refractivity contribution in [3.05, 3.63) is 69.1 Å². The monoisotopic (exact) mass is 935 g/mol. The molecule has 26 heteroatoms. The number of carboxylic acids is 1. The highest BCUT2D eigenvalue weighted by Gasteiger charge is 2.54. The number of aryl methyl sites for hydroxylation is 1. The molecule has 23 nitrogen and oxygen atoms in total. The molecule has 0 spiro atoms. The molecule has 2 aliphatic heterocycles. The van der Waals surface area contributed by atoms with E-state index in [0.29, 0.717) is 29.1 Å². The molecule has 334 valence electrons. The van der Waals surface area contributed by atoms with Gasteiger partial charge in [-0.2, -0.15) is 5.10 Å². The summed E-state index contributed by atoms with van der Waals surface area (Å²) in [6, 6.07) is 2.38. The lowest BCUT2D eigenvalue weighted by Gasteiger charge is -2.49. The Balaban J connectivity index is 1.03. The van der Waals surface area contributed by atoms with Gasteiger partial charge in [0.05, 0.1) is 6.20 Å². The zero-order chi connectivity index (χ0) is 46.2. The number of nitrogen functional groups attached to an aromatic ring is 1. The molecule has 0 unspecified atom stereocenters. The van der Waals surface area contributed by atoms with E-state index in [9.17, 15) is 43.5 Å². The number of aliphatic carboxylic acids is 1. The van der Waals surface area contributed by atoms with E-state index in [-0.39, 0.29) is 50.7 Å². The maximum atomic E-state index is 13.8. The van der Waals surface area contributed by atoms with Gasteiger partial charge in [-0.1, -0.05) is 5.16 Å². The number of hydrogen-bond donors (Lipinski definition) is 6. The molecule has 1 aromatic carbocycles. The van der Waals surface area contributed by atoms with E-state index in [1.165, 1.54) is 65.6 Å². The highest BCUT2D eigenvalue weighted by Crippen LogP contribution is 2.42. The smallest absolute Gasteiger partial charge is 0.352 e. The van der Waals surface area contributed by atoms with Gasteiger partial charge in [-0.3, -0.25) is 49.3 Å². The van der Waals surface area contributed by atoms with Crippen molar-refractivity contribution in [1.29, 1.82) is 0 Å². The van der Waals surface area contributed by atoms with Crippen molar-refractivity contribution in [1.82, 2.24) is 40.7 Å². The van der Waals surface area contributed by atoms with Crippen LogP contribution in [-0.2, 0) is 46.4 Å². The van der Waals surface area contributed by atoms with Gasteiger partial charge in [0.15, 0.2) is 28.0 Å². The van der Waals surface area contributed by atoms with Gasteiger partial charge in [0.25, 0.3) is 29.5 Å². The second-order valence-electron chi connectivity index (χ2n) is 14.6. The average Bonchev–Trinajstić information content (AvgIpc) is 4.00. The molecule has 1 saturated heterocycles. The molecule has 4 aromatic rings. The van der Waals surface area contributed by atoms with Crippen LogP contribution >= 0.6 is 34.9 Å². The number of nitrogens with two attached hydrogens (primary N) is 2. The number of ether oxygens (including phenoxy) is 2. The number of fused-ring (bicyclic) bond motifs is 3. The van der Waals surface area contributed by atoms with Crippen LogP contribution in [0.1, 0.15) is 71.8 Å². The minimum atomic E-state index is -1.87. The molecule has 64 heavy (non-hydrogen) atoms. The minimum Gasteiger partial charge on any atom is -0.477 e. The van der Waals surface area contributed by atoms with Crippen LogP contribution in [0.25, 0.3) is 5.65 Å². The summed E-state index contributed by atoms with van der Waals surface area (Å²) in [6.45, 7) is 4.78. The number of rotatable bonds is 14. The third kappa shape index (κ3) is 9.04. The van der Waals surface area contributed by atoms with E-state index >= 15 is 0 Å². The first-order valence-corrected chi connectivity index (χ1v) is 21.9. The van der Waals surface area contributed by atoms with Crippen molar-refractivity contribution < 1.29 is 57.8 Å². The predicted octanol–water partition coefficient (Wildman–Crippen LogP) is 0.698. The third-order valence-corrected chi connectivity index (χ3v) is 12.9. The summed E-state index contributed by atoms with van der Waals surface area (Å²) in [5.74, 6) is -6.95. The van der Waals surface area contributed by atoms with Crippen molar-refractivity contribution in [2.24, 2.45) is 10.9 Å². The maximum Gasteiger partial charge on any atom is 0.352 e. The maximum absolute atomic E-state index is 13.8. The molecular weight excluding hydrogens is 899 g/mol. The van der Waals surface area contributed by atoms with Crippen LogP contribution in [0.15, 0.2) is 51.2 Å². The molecule has 1 aliphatic carbocycles. The molecule has 5 heterocycles. The fourth-order valence-electron chi connectivity index (χ4n) is 6.68. The van der Waals surface area contributed by atoms with Gasteiger partial charge in [0.2, 0.25) is 5.60 Å². The number of primary amides is 1. The quantitative estimate of drug-likeness (QED) is 0.0193. The van der Waals surface area contributed by atoms with Crippen LogP contribution in [0, 0.1) is 0 Å². The van der Waals surface area contributed by atoms with E-state index in [0.717, 1.165) is 53.8 Å². The van der Waals surface area contributed by atoms with Crippen molar-refractivity contribution in [2.45, 2.75) is 69.0 Å². The zero-order valence-corrected chi connectivity index (χ0v) is 36.5. The highest BCUT2D eigenvalue weighted by atomic mass is 32.2. The Bertz CT molecular complexity index is 2750. The summed E-state index contributed by atoms with van der Waals surface area (Å²) < 4.78 is 11.6. The van der Waals surface area contributed by atoms with Gasteiger partial charge in [0, 0.05) is 47.6 Å². The second kappa shape index (κ2) is 18.0. The van der Waals surface area contributed by atoms with Gasteiger partial charge < -0.3 is 36.2 Å². The van der Waals surface area contributed by atoms with Gasteiger partial charge in [-0.05, 0) is 56.9 Å².